The highest BCUT2D eigenvalue weighted by atomic mass is 32.2. The van der Waals surface area contributed by atoms with E-state index in [2.05, 4.69) is 9.97 Å². The summed E-state index contributed by atoms with van der Waals surface area (Å²) < 4.78 is 6.95. The van der Waals surface area contributed by atoms with Crippen molar-refractivity contribution in [3.8, 4) is 5.75 Å². The monoisotopic (exact) mass is 341 g/mol. The number of rotatable bonds is 5. The molecule has 2 aromatic heterocycles. The molecule has 0 saturated heterocycles. The summed E-state index contributed by atoms with van der Waals surface area (Å²) in [4.78, 5) is 32.1. The van der Waals surface area contributed by atoms with Crippen LogP contribution < -0.4 is 10.2 Å². The number of thioether (sulfide) groups is 1. The molecule has 6 nitrogen and oxygen atoms in total. The fourth-order valence-corrected chi connectivity index (χ4v) is 2.75. The first-order valence-electron chi connectivity index (χ1n) is 7.18. The fraction of sp³-hybridized carbons (Fsp3) is 0.176. The predicted molar refractivity (Wildman–Crippen MR) is 93.1 cm³/mol. The second-order valence-electron chi connectivity index (χ2n) is 5.10. The van der Waals surface area contributed by atoms with Gasteiger partial charge in [0.2, 0.25) is 5.43 Å². The lowest BCUT2D eigenvalue weighted by Crippen LogP contribution is -2.16. The molecule has 1 aromatic carbocycles. The zero-order chi connectivity index (χ0) is 17.1. The van der Waals surface area contributed by atoms with E-state index in [0.29, 0.717) is 29.0 Å². The van der Waals surface area contributed by atoms with Crippen LogP contribution in [-0.4, -0.2) is 34.2 Å². The largest absolute Gasteiger partial charge is 0.497 e. The van der Waals surface area contributed by atoms with E-state index in [4.69, 9.17) is 4.74 Å². The molecule has 3 aromatic rings. The fourth-order valence-electron chi connectivity index (χ4n) is 2.41. The number of carbonyl (C=O) groups excluding carboxylic acids is 1. The maximum Gasteiger partial charge on any atom is 0.203 e. The molecule has 0 unspecified atom stereocenters. The molecule has 0 bridgehead atoms. The summed E-state index contributed by atoms with van der Waals surface area (Å²) in [6.07, 6.45) is 5.45. The van der Waals surface area contributed by atoms with Gasteiger partial charge in [-0.25, -0.2) is 9.97 Å². The molecule has 0 fully saturated rings. The minimum absolute atomic E-state index is 0.0940. The smallest absolute Gasteiger partial charge is 0.203 e. The van der Waals surface area contributed by atoms with Crippen molar-refractivity contribution >= 4 is 29.1 Å². The average Bonchev–Trinajstić information content (AvgIpc) is 2.64. The number of aromatic nitrogens is 3. The van der Waals surface area contributed by atoms with Gasteiger partial charge in [-0.2, -0.15) is 0 Å². The van der Waals surface area contributed by atoms with Gasteiger partial charge in [-0.3, -0.25) is 9.59 Å². The van der Waals surface area contributed by atoms with E-state index >= 15 is 0 Å². The Bertz CT molecular complexity index is 952. The number of hydrogen-bond acceptors (Lipinski definition) is 6. The highest BCUT2D eigenvalue weighted by molar-refractivity contribution is 7.98. The van der Waals surface area contributed by atoms with E-state index in [9.17, 15) is 9.59 Å². The number of carbonyl (C=O) groups is 1. The summed E-state index contributed by atoms with van der Waals surface area (Å²) >= 11 is 1.40. The van der Waals surface area contributed by atoms with Crippen molar-refractivity contribution < 1.29 is 9.53 Å². The lowest BCUT2D eigenvalue weighted by Gasteiger charge is -2.12. The first kappa shape index (κ1) is 16.2. The van der Waals surface area contributed by atoms with Gasteiger partial charge in [0.25, 0.3) is 0 Å². The van der Waals surface area contributed by atoms with Crippen molar-refractivity contribution in [2.45, 2.75) is 11.7 Å². The normalized spacial score (nSPS) is 10.8. The number of ether oxygens (including phenoxy) is 1. The molecule has 122 valence electrons. The van der Waals surface area contributed by atoms with Crippen LogP contribution in [0.4, 0.5) is 0 Å². The number of fused-ring (bicyclic) bond motifs is 1. The minimum Gasteiger partial charge on any atom is -0.497 e. The molecule has 0 aliphatic heterocycles. The topological polar surface area (TPSA) is 74.1 Å². The van der Waals surface area contributed by atoms with Crippen LogP contribution in [0.15, 0.2) is 46.6 Å². The third-order valence-corrected chi connectivity index (χ3v) is 4.20. The molecular formula is C17H15N3O3S. The maximum absolute atomic E-state index is 12.3. The average molecular weight is 341 g/mol. The Morgan fingerprint density at radius 1 is 1.29 bits per heavy atom. The van der Waals surface area contributed by atoms with Crippen LogP contribution >= 0.6 is 11.8 Å². The van der Waals surface area contributed by atoms with Crippen molar-refractivity contribution in [1.29, 1.82) is 0 Å². The quantitative estimate of drug-likeness (QED) is 0.403. The van der Waals surface area contributed by atoms with Crippen LogP contribution in [0.25, 0.3) is 11.0 Å². The van der Waals surface area contributed by atoms with Crippen molar-refractivity contribution in [3.05, 3.63) is 58.0 Å². The van der Waals surface area contributed by atoms with E-state index in [1.54, 1.807) is 17.9 Å². The highest BCUT2D eigenvalue weighted by Gasteiger charge is 2.12. The van der Waals surface area contributed by atoms with Crippen LogP contribution in [0.2, 0.25) is 0 Å². The summed E-state index contributed by atoms with van der Waals surface area (Å²) in [5.74, 6) is 0.768. The molecule has 0 atom stereocenters. The third-order valence-electron chi connectivity index (χ3n) is 3.64. The van der Waals surface area contributed by atoms with Gasteiger partial charge in [-0.1, -0.05) is 23.9 Å². The predicted octanol–water partition coefficient (Wildman–Crippen LogP) is 2.38. The SMILES string of the molecule is COc1ccc(Cn2cc(C=O)c(=O)c3cnc(SC)nc32)cc1. The van der Waals surface area contributed by atoms with Gasteiger partial charge in [0.1, 0.15) is 11.4 Å². The van der Waals surface area contributed by atoms with E-state index in [1.807, 2.05) is 30.5 Å². The maximum atomic E-state index is 12.3. The van der Waals surface area contributed by atoms with Crippen LogP contribution in [0.3, 0.4) is 0 Å². The van der Waals surface area contributed by atoms with Gasteiger partial charge in [-0.15, -0.1) is 0 Å². The number of pyridine rings is 1. The summed E-state index contributed by atoms with van der Waals surface area (Å²) in [5, 5.41) is 0.912. The van der Waals surface area contributed by atoms with Crippen molar-refractivity contribution in [1.82, 2.24) is 14.5 Å². The summed E-state index contributed by atoms with van der Waals surface area (Å²) in [7, 11) is 1.61. The highest BCUT2D eigenvalue weighted by Crippen LogP contribution is 2.17. The Morgan fingerprint density at radius 3 is 2.67 bits per heavy atom. The number of hydrogen-bond donors (Lipinski definition) is 0. The summed E-state index contributed by atoms with van der Waals surface area (Å²) in [6.45, 7) is 0.479. The zero-order valence-corrected chi connectivity index (χ0v) is 14.0. The molecule has 0 amide bonds. The van der Waals surface area contributed by atoms with Gasteiger partial charge in [-0.05, 0) is 24.0 Å². The molecular weight excluding hydrogens is 326 g/mol. The van der Waals surface area contributed by atoms with Crippen LogP contribution in [0.5, 0.6) is 5.75 Å². The third kappa shape index (κ3) is 3.03. The Labute approximate surface area is 142 Å². The van der Waals surface area contributed by atoms with Gasteiger partial charge in [0.15, 0.2) is 11.4 Å². The molecule has 0 aliphatic rings. The van der Waals surface area contributed by atoms with Gasteiger partial charge >= 0.3 is 0 Å². The Hall–Kier alpha value is -2.67. The number of methoxy groups -OCH3 is 1. The van der Waals surface area contributed by atoms with E-state index in [0.717, 1.165) is 11.3 Å². The van der Waals surface area contributed by atoms with Gasteiger partial charge in [0.05, 0.1) is 18.1 Å². The summed E-state index contributed by atoms with van der Waals surface area (Å²) in [6, 6.07) is 7.59. The van der Waals surface area contributed by atoms with Gasteiger partial charge < -0.3 is 9.30 Å². The van der Waals surface area contributed by atoms with Crippen molar-refractivity contribution in [2.24, 2.45) is 0 Å². The molecule has 7 heteroatoms. The lowest BCUT2D eigenvalue weighted by atomic mass is 10.2. The second-order valence-corrected chi connectivity index (χ2v) is 5.87. The molecule has 0 N–H and O–H groups in total. The number of aldehydes is 1. The molecule has 0 spiro atoms. The Kier molecular flexibility index (Phi) is 4.61. The van der Waals surface area contributed by atoms with E-state index in [-0.39, 0.29) is 11.0 Å². The Morgan fingerprint density at radius 2 is 2.04 bits per heavy atom. The minimum atomic E-state index is -0.348. The first-order chi connectivity index (χ1) is 11.7. The first-order valence-corrected chi connectivity index (χ1v) is 8.41. The molecule has 2 heterocycles. The zero-order valence-electron chi connectivity index (χ0n) is 13.2. The Balaban J connectivity index is 2.15. The number of benzene rings is 1. The van der Waals surface area contributed by atoms with Crippen molar-refractivity contribution in [3.63, 3.8) is 0 Å². The lowest BCUT2D eigenvalue weighted by molar-refractivity contribution is 0.112. The molecule has 0 radical (unpaired) electrons. The molecule has 3 rings (SSSR count). The van der Waals surface area contributed by atoms with Crippen LogP contribution in [0.1, 0.15) is 15.9 Å². The molecule has 0 saturated carbocycles. The van der Waals surface area contributed by atoms with E-state index < -0.39 is 0 Å². The standard InChI is InChI=1S/C17H15N3O3S/c1-23-13-5-3-11(4-6-13)8-20-9-12(10-21)15(22)14-7-18-17(24-2)19-16(14)20/h3-7,9-10H,8H2,1-2H3. The number of nitrogens with zero attached hydrogens (tertiary/aromatic N) is 3. The van der Waals surface area contributed by atoms with Gasteiger partial charge in [0, 0.05) is 18.9 Å². The molecule has 0 aliphatic carbocycles. The summed E-state index contributed by atoms with van der Waals surface area (Å²) in [5.41, 5.74) is 1.26. The second kappa shape index (κ2) is 6.84. The van der Waals surface area contributed by atoms with Crippen LogP contribution in [-0.2, 0) is 6.54 Å². The van der Waals surface area contributed by atoms with Crippen molar-refractivity contribution in [2.75, 3.05) is 13.4 Å². The molecule has 24 heavy (non-hydrogen) atoms. The van der Waals surface area contributed by atoms with E-state index in [1.165, 1.54) is 18.0 Å². The van der Waals surface area contributed by atoms with Crippen LogP contribution in [0, 0.1) is 0 Å².